The van der Waals surface area contributed by atoms with Crippen LogP contribution in [0.2, 0.25) is 0 Å². The van der Waals surface area contributed by atoms with Gasteiger partial charge in [0.15, 0.2) is 0 Å². The lowest BCUT2D eigenvalue weighted by molar-refractivity contribution is 0.286. The van der Waals surface area contributed by atoms with Gasteiger partial charge in [-0.3, -0.25) is 0 Å². The molecule has 0 bridgehead atoms. The van der Waals surface area contributed by atoms with Crippen molar-refractivity contribution < 1.29 is 17.9 Å². The summed E-state index contributed by atoms with van der Waals surface area (Å²) in [5.41, 5.74) is 2.03. The Hall–Kier alpha value is -2.05. The summed E-state index contributed by atoms with van der Waals surface area (Å²) < 4.78 is 37.1. The summed E-state index contributed by atoms with van der Waals surface area (Å²) in [6.45, 7) is 4.40. The normalized spacial score (nSPS) is 11.5. The third-order valence-electron chi connectivity index (χ3n) is 3.92. The van der Waals surface area contributed by atoms with E-state index in [-0.39, 0.29) is 13.2 Å². The van der Waals surface area contributed by atoms with E-state index >= 15 is 0 Å². The maximum Gasteiger partial charge on any atom is 0.242 e. The fourth-order valence-electron chi connectivity index (χ4n) is 2.14. The molecule has 0 saturated carbocycles. The zero-order valence-corrected chi connectivity index (χ0v) is 15.3. The molecule has 0 atom stereocenters. The summed E-state index contributed by atoms with van der Waals surface area (Å²) in [5.74, 6) is 1.42. The van der Waals surface area contributed by atoms with E-state index in [0.29, 0.717) is 10.6 Å². The maximum atomic E-state index is 12.6. The first-order valence-electron chi connectivity index (χ1n) is 7.65. The average molecular weight is 349 g/mol. The van der Waals surface area contributed by atoms with Crippen LogP contribution in [0.3, 0.4) is 0 Å². The number of nitrogens with zero attached hydrogens (tertiary/aromatic N) is 1. The van der Waals surface area contributed by atoms with Crippen molar-refractivity contribution in [2.45, 2.75) is 18.7 Å². The lowest BCUT2D eigenvalue weighted by Gasteiger charge is -2.18. The number of aryl methyl sites for hydroxylation is 2. The van der Waals surface area contributed by atoms with Gasteiger partial charge in [-0.05, 0) is 61.4 Å². The summed E-state index contributed by atoms with van der Waals surface area (Å²) in [6, 6.07) is 12.3. The van der Waals surface area contributed by atoms with Crippen molar-refractivity contribution in [2.75, 3.05) is 27.3 Å². The molecule has 0 aliphatic rings. The van der Waals surface area contributed by atoms with Gasteiger partial charge in [-0.2, -0.15) is 4.31 Å². The van der Waals surface area contributed by atoms with Crippen molar-refractivity contribution in [2.24, 2.45) is 0 Å². The van der Waals surface area contributed by atoms with E-state index in [1.54, 1.807) is 50.6 Å². The molecule has 130 valence electrons. The van der Waals surface area contributed by atoms with Gasteiger partial charge in [0.05, 0.1) is 12.0 Å². The summed E-state index contributed by atoms with van der Waals surface area (Å²) in [6.07, 6.45) is 0. The van der Waals surface area contributed by atoms with Crippen LogP contribution in [0.1, 0.15) is 11.1 Å². The third-order valence-corrected chi connectivity index (χ3v) is 5.77. The largest absolute Gasteiger partial charge is 0.497 e. The minimum absolute atomic E-state index is 0.265. The Bertz CT molecular complexity index is 785. The summed E-state index contributed by atoms with van der Waals surface area (Å²) in [7, 11) is -0.353. The third kappa shape index (κ3) is 4.27. The SMILES string of the molecule is COc1ccc(OCCN(C)S(=O)(=O)c2ccc(C)c(C)c2)cc1. The quantitative estimate of drug-likeness (QED) is 0.771. The van der Waals surface area contributed by atoms with Gasteiger partial charge in [0.2, 0.25) is 10.0 Å². The van der Waals surface area contributed by atoms with E-state index in [4.69, 9.17) is 9.47 Å². The Balaban J connectivity index is 1.97. The molecule has 2 aromatic carbocycles. The molecule has 0 aromatic heterocycles. The van der Waals surface area contributed by atoms with Crippen LogP contribution in [0.4, 0.5) is 0 Å². The molecule has 0 N–H and O–H groups in total. The molecule has 0 aliphatic heterocycles. The van der Waals surface area contributed by atoms with Crippen LogP contribution < -0.4 is 9.47 Å². The summed E-state index contributed by atoms with van der Waals surface area (Å²) in [5, 5.41) is 0. The monoisotopic (exact) mass is 349 g/mol. The van der Waals surface area contributed by atoms with Crippen molar-refractivity contribution in [1.29, 1.82) is 0 Å². The number of ether oxygens (including phenoxy) is 2. The molecule has 0 unspecified atom stereocenters. The fourth-order valence-corrected chi connectivity index (χ4v) is 3.38. The Kier molecular flexibility index (Phi) is 5.85. The molecular formula is C18H23NO4S. The molecule has 0 saturated heterocycles. The van der Waals surface area contributed by atoms with Gasteiger partial charge < -0.3 is 9.47 Å². The standard InChI is InChI=1S/C18H23NO4S/c1-14-5-10-18(13-15(14)2)24(20,21)19(3)11-12-23-17-8-6-16(22-4)7-9-17/h5-10,13H,11-12H2,1-4H3. The fraction of sp³-hybridized carbons (Fsp3) is 0.333. The van der Waals surface area contributed by atoms with Gasteiger partial charge in [0, 0.05) is 13.6 Å². The van der Waals surface area contributed by atoms with Crippen LogP contribution in [0.25, 0.3) is 0 Å². The van der Waals surface area contributed by atoms with Crippen molar-refractivity contribution >= 4 is 10.0 Å². The van der Waals surface area contributed by atoms with Crippen molar-refractivity contribution in [3.8, 4) is 11.5 Å². The zero-order chi connectivity index (χ0) is 17.7. The van der Waals surface area contributed by atoms with E-state index in [1.807, 2.05) is 19.9 Å². The number of rotatable bonds is 7. The van der Waals surface area contributed by atoms with E-state index in [9.17, 15) is 8.42 Å². The lowest BCUT2D eigenvalue weighted by atomic mass is 10.1. The highest BCUT2D eigenvalue weighted by molar-refractivity contribution is 7.89. The molecular weight excluding hydrogens is 326 g/mol. The Morgan fingerprint density at radius 3 is 2.17 bits per heavy atom. The first-order chi connectivity index (χ1) is 11.3. The number of hydrogen-bond donors (Lipinski definition) is 0. The van der Waals surface area contributed by atoms with Crippen LogP contribution in [0, 0.1) is 13.8 Å². The second kappa shape index (κ2) is 7.68. The first-order valence-corrected chi connectivity index (χ1v) is 9.09. The topological polar surface area (TPSA) is 55.8 Å². The highest BCUT2D eigenvalue weighted by Crippen LogP contribution is 2.19. The predicted octanol–water partition coefficient (Wildman–Crippen LogP) is 3.01. The van der Waals surface area contributed by atoms with Gasteiger partial charge in [0.1, 0.15) is 18.1 Å². The van der Waals surface area contributed by atoms with Gasteiger partial charge in [-0.15, -0.1) is 0 Å². The van der Waals surface area contributed by atoms with Gasteiger partial charge in [-0.25, -0.2) is 8.42 Å². The van der Waals surface area contributed by atoms with Crippen molar-refractivity contribution in [3.05, 3.63) is 53.6 Å². The molecule has 24 heavy (non-hydrogen) atoms. The summed E-state index contributed by atoms with van der Waals surface area (Å²) >= 11 is 0. The van der Waals surface area contributed by atoms with Crippen LogP contribution in [0.15, 0.2) is 47.4 Å². The molecule has 0 aliphatic carbocycles. The molecule has 6 heteroatoms. The predicted molar refractivity (Wildman–Crippen MR) is 94.2 cm³/mol. The number of hydrogen-bond acceptors (Lipinski definition) is 4. The molecule has 0 radical (unpaired) electrons. The summed E-state index contributed by atoms with van der Waals surface area (Å²) in [4.78, 5) is 0.303. The van der Waals surface area contributed by atoms with Crippen LogP contribution in [-0.4, -0.2) is 40.0 Å². The second-order valence-electron chi connectivity index (χ2n) is 5.60. The highest BCUT2D eigenvalue weighted by Gasteiger charge is 2.20. The minimum Gasteiger partial charge on any atom is -0.497 e. The van der Waals surface area contributed by atoms with Gasteiger partial charge >= 0.3 is 0 Å². The molecule has 0 spiro atoms. The molecule has 2 aromatic rings. The number of benzene rings is 2. The number of likely N-dealkylation sites (N-methyl/N-ethyl adjacent to an activating group) is 1. The van der Waals surface area contributed by atoms with Crippen molar-refractivity contribution in [1.82, 2.24) is 4.31 Å². The average Bonchev–Trinajstić information content (AvgIpc) is 2.57. The molecule has 2 rings (SSSR count). The highest BCUT2D eigenvalue weighted by atomic mass is 32.2. The molecule has 5 nitrogen and oxygen atoms in total. The maximum absolute atomic E-state index is 12.6. The molecule has 0 fully saturated rings. The first kappa shape index (κ1) is 18.3. The molecule has 0 amide bonds. The lowest BCUT2D eigenvalue weighted by Crippen LogP contribution is -2.31. The van der Waals surface area contributed by atoms with Crippen molar-refractivity contribution in [3.63, 3.8) is 0 Å². The zero-order valence-electron chi connectivity index (χ0n) is 14.4. The van der Waals surface area contributed by atoms with Crippen LogP contribution in [-0.2, 0) is 10.0 Å². The minimum atomic E-state index is -3.51. The van der Waals surface area contributed by atoms with E-state index in [1.165, 1.54) is 4.31 Å². The van der Waals surface area contributed by atoms with Crippen LogP contribution >= 0.6 is 0 Å². The number of sulfonamides is 1. The Morgan fingerprint density at radius 2 is 1.58 bits per heavy atom. The van der Waals surface area contributed by atoms with E-state index < -0.39 is 10.0 Å². The Morgan fingerprint density at radius 1 is 0.958 bits per heavy atom. The second-order valence-corrected chi connectivity index (χ2v) is 7.64. The van der Waals surface area contributed by atoms with E-state index in [2.05, 4.69) is 0 Å². The van der Waals surface area contributed by atoms with Gasteiger partial charge in [-0.1, -0.05) is 6.07 Å². The Labute approximate surface area is 143 Å². The smallest absolute Gasteiger partial charge is 0.242 e. The van der Waals surface area contributed by atoms with Crippen LogP contribution in [0.5, 0.6) is 11.5 Å². The molecule has 0 heterocycles. The van der Waals surface area contributed by atoms with E-state index in [0.717, 1.165) is 16.9 Å². The number of methoxy groups -OCH3 is 1. The van der Waals surface area contributed by atoms with Gasteiger partial charge in [0.25, 0.3) is 0 Å².